The summed E-state index contributed by atoms with van der Waals surface area (Å²) >= 11 is 0. The monoisotopic (exact) mass is 263 g/mol. The molecule has 1 aromatic carbocycles. The van der Waals surface area contributed by atoms with E-state index in [1.54, 1.807) is 12.1 Å². The second kappa shape index (κ2) is 5.90. The number of benzene rings is 1. The van der Waals surface area contributed by atoms with Crippen LogP contribution in [0.4, 0.5) is 19.4 Å². The summed E-state index contributed by atoms with van der Waals surface area (Å²) in [4.78, 5) is 15.2. The van der Waals surface area contributed by atoms with Crippen LogP contribution in [0.3, 0.4) is 0 Å². The van der Waals surface area contributed by atoms with Crippen molar-refractivity contribution in [1.29, 1.82) is 0 Å². The first-order valence-corrected chi connectivity index (χ1v) is 5.54. The average Bonchev–Trinajstić information content (AvgIpc) is 2.41. The summed E-state index contributed by atoms with van der Waals surface area (Å²) in [6, 6.07) is 7.86. The van der Waals surface area contributed by atoms with Crippen LogP contribution in [0.25, 0.3) is 0 Å². The minimum Gasteiger partial charge on any atom is -0.334 e. The SMILES string of the molecule is O=C(NCc1ccc(F)cc1)Nc1ccc(F)cn1. The minimum absolute atomic E-state index is 0.248. The zero-order chi connectivity index (χ0) is 13.7. The molecule has 1 heterocycles. The molecule has 0 spiro atoms. The zero-order valence-corrected chi connectivity index (χ0v) is 9.86. The van der Waals surface area contributed by atoms with Crippen molar-refractivity contribution in [3.8, 4) is 0 Å². The van der Waals surface area contributed by atoms with Crippen molar-refractivity contribution in [2.75, 3.05) is 5.32 Å². The van der Waals surface area contributed by atoms with Crippen LogP contribution in [-0.4, -0.2) is 11.0 Å². The molecule has 6 heteroatoms. The first-order valence-electron chi connectivity index (χ1n) is 5.54. The third-order valence-corrected chi connectivity index (χ3v) is 2.34. The van der Waals surface area contributed by atoms with Gasteiger partial charge in [-0.15, -0.1) is 0 Å². The molecule has 0 fully saturated rings. The van der Waals surface area contributed by atoms with Crippen molar-refractivity contribution in [2.24, 2.45) is 0 Å². The largest absolute Gasteiger partial charge is 0.334 e. The number of hydrogen-bond acceptors (Lipinski definition) is 2. The molecular weight excluding hydrogens is 252 g/mol. The van der Waals surface area contributed by atoms with E-state index >= 15 is 0 Å². The summed E-state index contributed by atoms with van der Waals surface area (Å²) in [5.74, 6) is -0.556. The highest BCUT2D eigenvalue weighted by atomic mass is 19.1. The maximum absolute atomic E-state index is 12.7. The van der Waals surface area contributed by atoms with Gasteiger partial charge >= 0.3 is 6.03 Å². The summed E-state index contributed by atoms with van der Waals surface area (Å²) in [7, 11) is 0. The summed E-state index contributed by atoms with van der Waals surface area (Å²) in [5, 5.41) is 5.02. The standard InChI is InChI=1S/C13H11F2N3O/c14-10-3-1-9(2-4-10)7-17-13(19)18-12-6-5-11(15)8-16-12/h1-6,8H,7H2,(H2,16,17,18,19). The molecule has 2 amide bonds. The fourth-order valence-corrected chi connectivity index (χ4v) is 1.39. The molecule has 2 N–H and O–H groups in total. The van der Waals surface area contributed by atoms with Crippen LogP contribution in [0.1, 0.15) is 5.56 Å². The predicted molar refractivity (Wildman–Crippen MR) is 66.5 cm³/mol. The zero-order valence-electron chi connectivity index (χ0n) is 9.86. The van der Waals surface area contributed by atoms with Crippen LogP contribution in [-0.2, 0) is 6.54 Å². The van der Waals surface area contributed by atoms with E-state index in [4.69, 9.17) is 0 Å². The number of anilines is 1. The van der Waals surface area contributed by atoms with Crippen molar-refractivity contribution in [3.05, 3.63) is 59.8 Å². The number of nitrogens with one attached hydrogen (secondary N) is 2. The summed E-state index contributed by atoms with van der Waals surface area (Å²) in [6.45, 7) is 0.257. The number of carbonyl (C=O) groups is 1. The molecule has 0 aliphatic rings. The fourth-order valence-electron chi connectivity index (χ4n) is 1.39. The summed E-state index contributed by atoms with van der Waals surface area (Å²) in [5.41, 5.74) is 0.767. The topological polar surface area (TPSA) is 54.0 Å². The number of rotatable bonds is 3. The Balaban J connectivity index is 1.84. The van der Waals surface area contributed by atoms with Crippen molar-refractivity contribution < 1.29 is 13.6 Å². The fraction of sp³-hybridized carbons (Fsp3) is 0.0769. The van der Waals surface area contributed by atoms with Gasteiger partial charge in [0.25, 0.3) is 0 Å². The van der Waals surface area contributed by atoms with E-state index in [0.717, 1.165) is 11.8 Å². The Kier molecular flexibility index (Phi) is 4.02. The molecule has 98 valence electrons. The van der Waals surface area contributed by atoms with Gasteiger partial charge in [-0.25, -0.2) is 18.6 Å². The average molecular weight is 263 g/mol. The van der Waals surface area contributed by atoms with Crippen molar-refractivity contribution >= 4 is 11.8 Å². The van der Waals surface area contributed by atoms with Crippen LogP contribution < -0.4 is 10.6 Å². The van der Waals surface area contributed by atoms with Gasteiger partial charge < -0.3 is 5.32 Å². The predicted octanol–water partition coefficient (Wildman–Crippen LogP) is 2.68. The summed E-state index contributed by atoms with van der Waals surface area (Å²) in [6.07, 6.45) is 1.01. The molecule has 19 heavy (non-hydrogen) atoms. The Morgan fingerprint density at radius 2 is 1.74 bits per heavy atom. The maximum atomic E-state index is 12.7. The van der Waals surface area contributed by atoms with E-state index in [9.17, 15) is 13.6 Å². The summed E-state index contributed by atoms with van der Waals surface area (Å²) < 4.78 is 25.3. The highest BCUT2D eigenvalue weighted by molar-refractivity contribution is 5.88. The van der Waals surface area contributed by atoms with Crippen molar-refractivity contribution in [3.63, 3.8) is 0 Å². The molecule has 0 aliphatic heterocycles. The van der Waals surface area contributed by atoms with E-state index < -0.39 is 11.8 Å². The molecule has 0 unspecified atom stereocenters. The maximum Gasteiger partial charge on any atom is 0.320 e. The van der Waals surface area contributed by atoms with Gasteiger partial charge in [0.1, 0.15) is 17.5 Å². The Bertz CT molecular complexity index is 555. The molecule has 0 saturated carbocycles. The van der Waals surface area contributed by atoms with Crippen molar-refractivity contribution in [1.82, 2.24) is 10.3 Å². The third kappa shape index (κ3) is 4.02. The number of pyridine rings is 1. The molecule has 2 rings (SSSR count). The Morgan fingerprint density at radius 1 is 1.05 bits per heavy atom. The van der Waals surface area contributed by atoms with E-state index in [1.807, 2.05) is 0 Å². The second-order valence-corrected chi connectivity index (χ2v) is 3.80. The molecule has 0 radical (unpaired) electrons. The molecule has 1 aromatic heterocycles. The van der Waals surface area contributed by atoms with Gasteiger partial charge in [-0.1, -0.05) is 12.1 Å². The first kappa shape index (κ1) is 12.9. The molecule has 2 aromatic rings. The quantitative estimate of drug-likeness (QED) is 0.894. The number of halogens is 2. The number of amides is 2. The Morgan fingerprint density at radius 3 is 2.37 bits per heavy atom. The second-order valence-electron chi connectivity index (χ2n) is 3.80. The van der Waals surface area contributed by atoms with Gasteiger partial charge in [-0.2, -0.15) is 0 Å². The number of hydrogen-bond donors (Lipinski definition) is 2. The molecule has 4 nitrogen and oxygen atoms in total. The molecule has 0 atom stereocenters. The normalized spacial score (nSPS) is 10.0. The van der Waals surface area contributed by atoms with E-state index in [-0.39, 0.29) is 18.2 Å². The molecule has 0 aliphatic carbocycles. The smallest absolute Gasteiger partial charge is 0.320 e. The van der Waals surface area contributed by atoms with Gasteiger partial charge in [0.2, 0.25) is 0 Å². The lowest BCUT2D eigenvalue weighted by Gasteiger charge is -2.06. The van der Waals surface area contributed by atoms with E-state index in [1.165, 1.54) is 24.3 Å². The lowest BCUT2D eigenvalue weighted by molar-refractivity contribution is 0.251. The highest BCUT2D eigenvalue weighted by Crippen LogP contribution is 2.04. The molecular formula is C13H11F2N3O. The van der Waals surface area contributed by atoms with Crippen molar-refractivity contribution in [2.45, 2.75) is 6.54 Å². The van der Waals surface area contributed by atoms with Gasteiger partial charge in [-0.05, 0) is 29.8 Å². The Hall–Kier alpha value is -2.50. The van der Waals surface area contributed by atoms with E-state index in [0.29, 0.717) is 0 Å². The van der Waals surface area contributed by atoms with Crippen LogP contribution in [0, 0.1) is 11.6 Å². The lowest BCUT2D eigenvalue weighted by Crippen LogP contribution is -2.28. The number of carbonyl (C=O) groups excluding carboxylic acids is 1. The van der Waals surface area contributed by atoms with Gasteiger partial charge in [-0.3, -0.25) is 5.32 Å². The molecule has 0 saturated heterocycles. The van der Waals surface area contributed by atoms with Crippen LogP contribution >= 0.6 is 0 Å². The highest BCUT2D eigenvalue weighted by Gasteiger charge is 2.02. The first-order chi connectivity index (χ1) is 9.13. The Labute approximate surface area is 108 Å². The number of nitrogens with zero attached hydrogens (tertiary/aromatic N) is 1. The lowest BCUT2D eigenvalue weighted by atomic mass is 10.2. The number of aromatic nitrogens is 1. The van der Waals surface area contributed by atoms with E-state index in [2.05, 4.69) is 15.6 Å². The molecule has 0 bridgehead atoms. The van der Waals surface area contributed by atoms with Gasteiger partial charge in [0.15, 0.2) is 0 Å². The number of urea groups is 1. The third-order valence-electron chi connectivity index (χ3n) is 2.34. The van der Waals surface area contributed by atoms with Gasteiger partial charge in [0.05, 0.1) is 6.20 Å². The van der Waals surface area contributed by atoms with Gasteiger partial charge in [0, 0.05) is 6.54 Å². The van der Waals surface area contributed by atoms with Crippen LogP contribution in [0.15, 0.2) is 42.6 Å². The van der Waals surface area contributed by atoms with Crippen LogP contribution in [0.5, 0.6) is 0 Å². The minimum atomic E-state index is -0.475. The van der Waals surface area contributed by atoms with Crippen LogP contribution in [0.2, 0.25) is 0 Å².